The van der Waals surface area contributed by atoms with Gasteiger partial charge in [0.05, 0.1) is 22.0 Å². The molecule has 0 fully saturated rings. The van der Waals surface area contributed by atoms with Gasteiger partial charge in [0.25, 0.3) is 0 Å². The van der Waals surface area contributed by atoms with Crippen LogP contribution in [0.3, 0.4) is 0 Å². The van der Waals surface area contributed by atoms with E-state index in [2.05, 4.69) is 0 Å². The summed E-state index contributed by atoms with van der Waals surface area (Å²) in [6.45, 7) is 5.19. The Labute approximate surface area is 182 Å². The van der Waals surface area contributed by atoms with Crippen LogP contribution in [0.25, 0.3) is 11.3 Å². The summed E-state index contributed by atoms with van der Waals surface area (Å²) >= 11 is 13.8. The van der Waals surface area contributed by atoms with Crippen molar-refractivity contribution in [3.8, 4) is 22.8 Å². The molecule has 0 aliphatic carbocycles. The van der Waals surface area contributed by atoms with Crippen LogP contribution in [0.1, 0.15) is 19.4 Å². The van der Waals surface area contributed by atoms with Crippen LogP contribution in [-0.4, -0.2) is 30.1 Å². The average molecular weight is 448 g/mol. The Morgan fingerprint density at radius 2 is 1.83 bits per heavy atom. The van der Waals surface area contributed by atoms with Crippen molar-refractivity contribution in [3.63, 3.8) is 0 Å². The first kappa shape index (κ1) is 20.0. The highest BCUT2D eigenvalue weighted by Crippen LogP contribution is 2.31. The normalized spacial score (nSPS) is 14.2. The second-order valence-electron chi connectivity index (χ2n) is 6.71. The summed E-state index contributed by atoms with van der Waals surface area (Å²) in [5.41, 5.74) is 2.71. The van der Waals surface area contributed by atoms with Crippen LogP contribution in [0.2, 0.25) is 10.0 Å². The van der Waals surface area contributed by atoms with Gasteiger partial charge in [0.15, 0.2) is 11.5 Å². The molecular formula is C21H19Cl2N3O2S. The van der Waals surface area contributed by atoms with E-state index in [1.54, 1.807) is 12.3 Å². The summed E-state index contributed by atoms with van der Waals surface area (Å²) in [4.78, 5) is 5.49. The maximum Gasteiger partial charge on any atom is 0.206 e. The Morgan fingerprint density at radius 1 is 1.03 bits per heavy atom. The third-order valence-corrected chi connectivity index (χ3v) is 5.73. The van der Waals surface area contributed by atoms with E-state index in [0.717, 1.165) is 33.1 Å². The topological polar surface area (TPSA) is 48.1 Å². The number of benzene rings is 2. The van der Waals surface area contributed by atoms with Gasteiger partial charge in [-0.25, -0.2) is 4.68 Å². The standard InChI is InChI=1S/C21H19Cl2N3O2S/c1-13(2)25-21-26(18(12-29-21)15-4-5-16(22)17(23)10-15)24-11-14-3-6-19-20(9-14)28-8-7-27-19/h3-6,9-13H,7-8H2,1-2H3. The van der Waals surface area contributed by atoms with Gasteiger partial charge >= 0.3 is 0 Å². The maximum absolute atomic E-state index is 6.22. The van der Waals surface area contributed by atoms with Crippen molar-refractivity contribution >= 4 is 40.8 Å². The molecule has 0 saturated heterocycles. The van der Waals surface area contributed by atoms with E-state index in [-0.39, 0.29) is 6.04 Å². The van der Waals surface area contributed by atoms with Crippen molar-refractivity contribution in [2.45, 2.75) is 19.9 Å². The molecule has 0 amide bonds. The largest absolute Gasteiger partial charge is 0.486 e. The molecule has 0 N–H and O–H groups in total. The Hall–Kier alpha value is -2.28. The van der Waals surface area contributed by atoms with Gasteiger partial charge in [-0.3, -0.25) is 4.99 Å². The molecule has 2 heterocycles. The minimum Gasteiger partial charge on any atom is -0.486 e. The van der Waals surface area contributed by atoms with Gasteiger partial charge in [0.1, 0.15) is 13.2 Å². The quantitative estimate of drug-likeness (QED) is 0.496. The lowest BCUT2D eigenvalue weighted by molar-refractivity contribution is 0.171. The zero-order chi connectivity index (χ0) is 20.4. The molecule has 150 valence electrons. The second kappa shape index (κ2) is 8.61. The van der Waals surface area contributed by atoms with Gasteiger partial charge in [-0.05, 0) is 49.7 Å². The highest BCUT2D eigenvalue weighted by Gasteiger charge is 2.12. The Balaban J connectivity index is 1.76. The molecular weight excluding hydrogens is 429 g/mol. The van der Waals surface area contributed by atoms with Gasteiger partial charge in [-0.15, -0.1) is 11.3 Å². The van der Waals surface area contributed by atoms with Crippen molar-refractivity contribution in [1.82, 2.24) is 4.68 Å². The molecule has 0 saturated carbocycles. The van der Waals surface area contributed by atoms with E-state index in [4.69, 9.17) is 42.8 Å². The number of rotatable bonds is 4. The molecule has 1 aromatic heterocycles. The van der Waals surface area contributed by atoms with Gasteiger partial charge in [0, 0.05) is 17.0 Å². The lowest BCUT2D eigenvalue weighted by atomic mass is 10.2. The number of halogens is 2. The number of hydrogen-bond donors (Lipinski definition) is 0. The predicted octanol–water partition coefficient (Wildman–Crippen LogP) is 5.49. The monoisotopic (exact) mass is 447 g/mol. The van der Waals surface area contributed by atoms with Crippen molar-refractivity contribution in [3.05, 3.63) is 62.2 Å². The Kier molecular flexibility index (Phi) is 5.94. The molecule has 1 aliphatic rings. The average Bonchev–Trinajstić information content (AvgIpc) is 3.10. The third-order valence-electron chi connectivity index (χ3n) is 4.16. The van der Waals surface area contributed by atoms with E-state index < -0.39 is 0 Å². The Bertz CT molecular complexity index is 1140. The van der Waals surface area contributed by atoms with Crippen LogP contribution in [0, 0.1) is 0 Å². The van der Waals surface area contributed by atoms with Crippen LogP contribution in [0.5, 0.6) is 11.5 Å². The maximum atomic E-state index is 6.22. The SMILES string of the molecule is CC(C)N=c1scc(-c2ccc(Cl)c(Cl)c2)n1N=Cc1ccc2c(c1)OCCO2. The van der Waals surface area contributed by atoms with E-state index in [1.807, 2.05) is 54.2 Å². The van der Waals surface area contributed by atoms with E-state index in [9.17, 15) is 0 Å². The number of hydrogen-bond acceptors (Lipinski definition) is 5. The number of aromatic nitrogens is 1. The smallest absolute Gasteiger partial charge is 0.206 e. The molecule has 4 rings (SSSR count). The molecule has 8 heteroatoms. The van der Waals surface area contributed by atoms with E-state index >= 15 is 0 Å². The number of thiazole rings is 1. The number of nitrogens with zero attached hydrogens (tertiary/aromatic N) is 3. The third kappa shape index (κ3) is 4.50. The first-order valence-corrected chi connectivity index (χ1v) is 10.8. The van der Waals surface area contributed by atoms with Gasteiger partial charge < -0.3 is 9.47 Å². The number of fused-ring (bicyclic) bond motifs is 1. The fourth-order valence-corrected chi connectivity index (χ4v) is 4.11. The second-order valence-corrected chi connectivity index (χ2v) is 8.37. The molecule has 0 unspecified atom stereocenters. The molecule has 0 bridgehead atoms. The first-order chi connectivity index (χ1) is 14.0. The molecule has 0 spiro atoms. The first-order valence-electron chi connectivity index (χ1n) is 9.15. The summed E-state index contributed by atoms with van der Waals surface area (Å²) in [6.07, 6.45) is 1.78. The van der Waals surface area contributed by atoms with Gasteiger partial charge in [0.2, 0.25) is 4.80 Å². The lowest BCUT2D eigenvalue weighted by Crippen LogP contribution is -2.15. The summed E-state index contributed by atoms with van der Waals surface area (Å²) in [6, 6.07) is 11.4. The molecule has 29 heavy (non-hydrogen) atoms. The highest BCUT2D eigenvalue weighted by atomic mass is 35.5. The van der Waals surface area contributed by atoms with Crippen molar-refractivity contribution in [1.29, 1.82) is 0 Å². The lowest BCUT2D eigenvalue weighted by Gasteiger charge is -2.18. The van der Waals surface area contributed by atoms with Crippen molar-refractivity contribution < 1.29 is 9.47 Å². The van der Waals surface area contributed by atoms with Crippen LogP contribution < -0.4 is 14.3 Å². The summed E-state index contributed by atoms with van der Waals surface area (Å²) in [5, 5.41) is 7.74. The van der Waals surface area contributed by atoms with Crippen molar-refractivity contribution in [2.24, 2.45) is 10.1 Å². The minimum atomic E-state index is 0.144. The highest BCUT2D eigenvalue weighted by molar-refractivity contribution is 7.07. The molecule has 2 aromatic carbocycles. The molecule has 5 nitrogen and oxygen atoms in total. The zero-order valence-corrected chi connectivity index (χ0v) is 18.3. The Morgan fingerprint density at radius 3 is 2.59 bits per heavy atom. The van der Waals surface area contributed by atoms with E-state index in [0.29, 0.717) is 23.3 Å². The minimum absolute atomic E-state index is 0.144. The predicted molar refractivity (Wildman–Crippen MR) is 119 cm³/mol. The zero-order valence-electron chi connectivity index (χ0n) is 15.9. The van der Waals surface area contributed by atoms with Crippen LogP contribution in [-0.2, 0) is 0 Å². The van der Waals surface area contributed by atoms with Gasteiger partial charge in [-0.1, -0.05) is 29.3 Å². The van der Waals surface area contributed by atoms with Crippen LogP contribution in [0.4, 0.5) is 0 Å². The molecule has 0 atom stereocenters. The van der Waals surface area contributed by atoms with Crippen LogP contribution >= 0.6 is 34.5 Å². The van der Waals surface area contributed by atoms with Gasteiger partial charge in [-0.2, -0.15) is 5.10 Å². The van der Waals surface area contributed by atoms with E-state index in [1.165, 1.54) is 11.3 Å². The van der Waals surface area contributed by atoms with Crippen LogP contribution in [0.15, 0.2) is 51.9 Å². The fourth-order valence-electron chi connectivity index (χ4n) is 2.84. The number of ether oxygens (including phenoxy) is 2. The van der Waals surface area contributed by atoms with Crippen molar-refractivity contribution in [2.75, 3.05) is 13.2 Å². The molecule has 1 aliphatic heterocycles. The summed E-state index contributed by atoms with van der Waals surface area (Å²) in [5.74, 6) is 1.48. The summed E-state index contributed by atoms with van der Waals surface area (Å²) < 4.78 is 13.1. The molecule has 3 aromatic rings. The molecule has 0 radical (unpaired) electrons. The fraction of sp³-hybridized carbons (Fsp3) is 0.238. The summed E-state index contributed by atoms with van der Waals surface area (Å²) in [7, 11) is 0.